The Balaban J connectivity index is 2.37. The van der Waals surface area contributed by atoms with Crippen LogP contribution in [0.1, 0.15) is 13.3 Å². The molecule has 9 heavy (non-hydrogen) atoms. The van der Waals surface area contributed by atoms with E-state index in [4.69, 9.17) is 9.47 Å². The molecule has 1 atom stereocenters. The lowest BCUT2D eigenvalue weighted by atomic mass is 10.2. The molecule has 1 aliphatic rings. The van der Waals surface area contributed by atoms with Crippen LogP contribution in [0.15, 0.2) is 0 Å². The molecule has 0 bridgehead atoms. The van der Waals surface area contributed by atoms with Crippen LogP contribution in [0, 0.1) is 0 Å². The summed E-state index contributed by atoms with van der Waals surface area (Å²) in [4.78, 5) is 0. The quantitative estimate of drug-likeness (QED) is 0.551. The van der Waals surface area contributed by atoms with Crippen LogP contribution in [0.2, 0.25) is 0 Å². The highest BCUT2D eigenvalue weighted by atomic mass is 16.7. The van der Waals surface area contributed by atoms with Gasteiger partial charge in [-0.15, -0.1) is 0 Å². The maximum atomic E-state index is 9.33. The third-order valence-corrected chi connectivity index (χ3v) is 1.48. The summed E-state index contributed by atoms with van der Waals surface area (Å²) >= 11 is 0. The van der Waals surface area contributed by atoms with Crippen molar-refractivity contribution in [2.24, 2.45) is 0 Å². The predicted octanol–water partition coefficient (Wildman–Crippen LogP) is 0.132. The highest BCUT2D eigenvalue weighted by Gasteiger charge is 2.28. The molecule has 0 amide bonds. The van der Waals surface area contributed by atoms with Crippen molar-refractivity contribution in [2.75, 3.05) is 19.8 Å². The van der Waals surface area contributed by atoms with E-state index in [1.54, 1.807) is 0 Å². The molecule has 0 spiro atoms. The van der Waals surface area contributed by atoms with Gasteiger partial charge >= 0.3 is 0 Å². The van der Waals surface area contributed by atoms with Gasteiger partial charge in [0.25, 0.3) is 0 Å². The second-order valence-corrected chi connectivity index (χ2v) is 2.20. The lowest BCUT2D eigenvalue weighted by Gasteiger charge is -2.30. The Morgan fingerprint density at radius 1 is 1.56 bits per heavy atom. The Morgan fingerprint density at radius 2 is 2.33 bits per heavy atom. The van der Waals surface area contributed by atoms with Gasteiger partial charge in [-0.3, -0.25) is 0 Å². The van der Waals surface area contributed by atoms with Gasteiger partial charge in [-0.1, -0.05) is 6.92 Å². The SMILES string of the molecule is CCC1(O)COCCO1. The molecule has 0 aromatic heterocycles. The van der Waals surface area contributed by atoms with Crippen LogP contribution >= 0.6 is 0 Å². The van der Waals surface area contributed by atoms with Crippen molar-refractivity contribution < 1.29 is 14.6 Å². The van der Waals surface area contributed by atoms with E-state index in [1.807, 2.05) is 6.92 Å². The van der Waals surface area contributed by atoms with E-state index in [-0.39, 0.29) is 0 Å². The first-order valence-corrected chi connectivity index (χ1v) is 3.21. The van der Waals surface area contributed by atoms with Crippen molar-refractivity contribution in [3.8, 4) is 0 Å². The van der Waals surface area contributed by atoms with Crippen LogP contribution in [-0.4, -0.2) is 30.7 Å². The molecule has 3 heteroatoms. The standard InChI is InChI=1S/C6H12O3/c1-2-6(7)5-8-3-4-9-6/h7H,2-5H2,1H3. The molecule has 1 saturated heterocycles. The first kappa shape index (κ1) is 6.99. The van der Waals surface area contributed by atoms with Crippen LogP contribution < -0.4 is 0 Å². The van der Waals surface area contributed by atoms with E-state index in [0.29, 0.717) is 26.2 Å². The smallest absolute Gasteiger partial charge is 0.189 e. The first-order chi connectivity index (χ1) is 4.27. The molecule has 0 saturated carbocycles. The van der Waals surface area contributed by atoms with E-state index in [9.17, 15) is 5.11 Å². The van der Waals surface area contributed by atoms with Crippen LogP contribution in [0.5, 0.6) is 0 Å². The van der Waals surface area contributed by atoms with Gasteiger partial charge in [0, 0.05) is 6.42 Å². The van der Waals surface area contributed by atoms with Gasteiger partial charge in [-0.25, -0.2) is 0 Å². The first-order valence-electron chi connectivity index (χ1n) is 3.21. The molecular weight excluding hydrogens is 120 g/mol. The van der Waals surface area contributed by atoms with Gasteiger partial charge in [-0.2, -0.15) is 0 Å². The number of ether oxygens (including phenoxy) is 2. The van der Waals surface area contributed by atoms with Gasteiger partial charge in [0.2, 0.25) is 0 Å². The Kier molecular flexibility index (Phi) is 2.05. The van der Waals surface area contributed by atoms with Crippen LogP contribution in [0.3, 0.4) is 0 Å². The van der Waals surface area contributed by atoms with E-state index in [1.165, 1.54) is 0 Å². The summed E-state index contributed by atoms with van der Waals surface area (Å²) in [5, 5.41) is 9.33. The minimum absolute atomic E-state index is 0.309. The zero-order valence-corrected chi connectivity index (χ0v) is 5.59. The largest absolute Gasteiger partial charge is 0.373 e. The zero-order chi connectivity index (χ0) is 6.74. The van der Waals surface area contributed by atoms with Crippen molar-refractivity contribution in [3.63, 3.8) is 0 Å². The molecule has 0 aromatic rings. The zero-order valence-electron chi connectivity index (χ0n) is 5.59. The highest BCUT2D eigenvalue weighted by molar-refractivity contribution is 4.66. The summed E-state index contributed by atoms with van der Waals surface area (Å²) in [6.45, 7) is 3.28. The number of aliphatic hydroxyl groups is 1. The maximum absolute atomic E-state index is 9.33. The van der Waals surface area contributed by atoms with E-state index >= 15 is 0 Å². The minimum atomic E-state index is -1.00. The molecule has 1 fully saturated rings. The van der Waals surface area contributed by atoms with E-state index in [2.05, 4.69) is 0 Å². The van der Waals surface area contributed by atoms with Crippen LogP contribution in [-0.2, 0) is 9.47 Å². The monoisotopic (exact) mass is 132 g/mol. The van der Waals surface area contributed by atoms with Crippen molar-refractivity contribution in [3.05, 3.63) is 0 Å². The Morgan fingerprint density at radius 3 is 2.67 bits per heavy atom. The summed E-state index contributed by atoms with van der Waals surface area (Å²) in [5.74, 6) is -1.00. The molecule has 0 radical (unpaired) electrons. The van der Waals surface area contributed by atoms with Gasteiger partial charge < -0.3 is 14.6 Å². The number of rotatable bonds is 1. The molecule has 3 nitrogen and oxygen atoms in total. The molecule has 54 valence electrons. The van der Waals surface area contributed by atoms with Gasteiger partial charge in [0.15, 0.2) is 5.79 Å². The van der Waals surface area contributed by atoms with Gasteiger partial charge in [-0.05, 0) is 0 Å². The van der Waals surface area contributed by atoms with Crippen molar-refractivity contribution in [1.29, 1.82) is 0 Å². The van der Waals surface area contributed by atoms with E-state index < -0.39 is 5.79 Å². The third kappa shape index (κ3) is 1.64. The minimum Gasteiger partial charge on any atom is -0.373 e. The Labute approximate surface area is 54.6 Å². The summed E-state index contributed by atoms with van der Waals surface area (Å²) in [5.41, 5.74) is 0. The van der Waals surface area contributed by atoms with Crippen LogP contribution in [0.25, 0.3) is 0 Å². The summed E-state index contributed by atoms with van der Waals surface area (Å²) in [6.07, 6.45) is 0.590. The lowest BCUT2D eigenvalue weighted by Crippen LogP contribution is -2.42. The third-order valence-electron chi connectivity index (χ3n) is 1.48. The fourth-order valence-corrected chi connectivity index (χ4v) is 0.768. The predicted molar refractivity (Wildman–Crippen MR) is 32.0 cm³/mol. The Hall–Kier alpha value is -0.120. The van der Waals surface area contributed by atoms with Crippen LogP contribution in [0.4, 0.5) is 0 Å². The summed E-state index contributed by atoms with van der Waals surface area (Å²) in [7, 11) is 0. The molecule has 1 unspecified atom stereocenters. The average molecular weight is 132 g/mol. The normalized spacial score (nSPS) is 36.7. The fourth-order valence-electron chi connectivity index (χ4n) is 0.768. The molecule has 0 aliphatic carbocycles. The second-order valence-electron chi connectivity index (χ2n) is 2.20. The van der Waals surface area contributed by atoms with Crippen molar-refractivity contribution in [2.45, 2.75) is 19.1 Å². The summed E-state index contributed by atoms with van der Waals surface area (Å²) < 4.78 is 10.0. The number of hydrogen-bond donors (Lipinski definition) is 1. The fraction of sp³-hybridized carbons (Fsp3) is 1.00. The molecule has 1 aliphatic heterocycles. The van der Waals surface area contributed by atoms with Gasteiger partial charge in [0.1, 0.15) is 6.61 Å². The Bertz CT molecular complexity index is 86.3. The lowest BCUT2D eigenvalue weighted by molar-refractivity contribution is -0.269. The second kappa shape index (κ2) is 2.64. The average Bonchev–Trinajstić information content (AvgIpc) is 1.90. The van der Waals surface area contributed by atoms with Gasteiger partial charge in [0.05, 0.1) is 13.2 Å². The highest BCUT2D eigenvalue weighted by Crippen LogP contribution is 2.15. The molecule has 1 rings (SSSR count). The summed E-state index contributed by atoms with van der Waals surface area (Å²) in [6, 6.07) is 0. The maximum Gasteiger partial charge on any atom is 0.189 e. The molecule has 0 aromatic carbocycles. The molecular formula is C6H12O3. The molecule has 1 N–H and O–H groups in total. The topological polar surface area (TPSA) is 38.7 Å². The van der Waals surface area contributed by atoms with Crippen molar-refractivity contribution >= 4 is 0 Å². The van der Waals surface area contributed by atoms with E-state index in [0.717, 1.165) is 0 Å². The molecule has 1 heterocycles. The number of hydrogen-bond acceptors (Lipinski definition) is 3. The van der Waals surface area contributed by atoms with Crippen molar-refractivity contribution in [1.82, 2.24) is 0 Å².